The van der Waals surface area contributed by atoms with E-state index in [0.29, 0.717) is 6.42 Å². The van der Waals surface area contributed by atoms with Crippen LogP contribution in [0.4, 0.5) is 0 Å². The van der Waals surface area contributed by atoms with Crippen LogP contribution in [0, 0.1) is 13.8 Å². The smallest absolute Gasteiger partial charge is 0.303 e. The first-order valence-corrected chi connectivity index (χ1v) is 12.3. The van der Waals surface area contributed by atoms with Gasteiger partial charge >= 0.3 is 5.97 Å². The lowest BCUT2D eigenvalue weighted by molar-refractivity contribution is -0.141. The highest BCUT2D eigenvalue weighted by Crippen LogP contribution is 2.39. The van der Waals surface area contributed by atoms with E-state index < -0.39 is 12.0 Å². The van der Waals surface area contributed by atoms with Crippen molar-refractivity contribution < 1.29 is 14.7 Å². The second-order valence-electron chi connectivity index (χ2n) is 9.35. The van der Waals surface area contributed by atoms with Crippen LogP contribution in [0.25, 0.3) is 16.9 Å². The number of hydrazone groups is 1. The maximum atomic E-state index is 13.3. The Morgan fingerprint density at radius 1 is 0.892 bits per heavy atom. The van der Waals surface area contributed by atoms with Crippen molar-refractivity contribution in [3.63, 3.8) is 0 Å². The zero-order valence-corrected chi connectivity index (χ0v) is 20.8. The molecule has 1 atom stereocenters. The third-order valence-electron chi connectivity index (χ3n) is 6.48. The first kappa shape index (κ1) is 24.2. The van der Waals surface area contributed by atoms with E-state index in [0.717, 1.165) is 44.9 Å². The third kappa shape index (κ3) is 5.21. The monoisotopic (exact) mass is 492 g/mol. The van der Waals surface area contributed by atoms with Gasteiger partial charge in [-0.05, 0) is 37.6 Å². The molecule has 0 aliphatic carbocycles. The second-order valence-corrected chi connectivity index (χ2v) is 9.35. The largest absolute Gasteiger partial charge is 0.481 e. The van der Waals surface area contributed by atoms with Crippen molar-refractivity contribution in [3.8, 4) is 16.9 Å². The van der Waals surface area contributed by atoms with Crippen LogP contribution in [0.3, 0.4) is 0 Å². The molecule has 0 radical (unpaired) electrons. The summed E-state index contributed by atoms with van der Waals surface area (Å²) in [5.41, 5.74) is 7.45. The molecular formula is C30H28N4O3. The average Bonchev–Trinajstić information content (AvgIpc) is 3.53. The first-order valence-electron chi connectivity index (χ1n) is 12.3. The van der Waals surface area contributed by atoms with Crippen LogP contribution < -0.4 is 0 Å². The number of carboxylic acids is 1. The Hall–Kier alpha value is -4.52. The molecule has 0 bridgehead atoms. The van der Waals surface area contributed by atoms with Crippen LogP contribution in [0.5, 0.6) is 0 Å². The minimum Gasteiger partial charge on any atom is -0.481 e. The maximum Gasteiger partial charge on any atom is 0.303 e. The third-order valence-corrected chi connectivity index (χ3v) is 6.48. The molecule has 0 spiro atoms. The van der Waals surface area contributed by atoms with Crippen molar-refractivity contribution >= 4 is 17.6 Å². The summed E-state index contributed by atoms with van der Waals surface area (Å²) in [6, 6.07) is 25.6. The number of nitrogens with zero attached hydrogens (tertiary/aromatic N) is 4. The van der Waals surface area contributed by atoms with E-state index in [1.807, 2.05) is 91.5 Å². The minimum absolute atomic E-state index is 0.122. The zero-order chi connectivity index (χ0) is 25.9. The molecule has 7 heteroatoms. The molecule has 0 unspecified atom stereocenters. The molecule has 0 fully saturated rings. The van der Waals surface area contributed by atoms with E-state index in [1.165, 1.54) is 5.01 Å². The number of carboxylic acid groups (broad SMARTS) is 1. The Kier molecular flexibility index (Phi) is 6.68. The van der Waals surface area contributed by atoms with E-state index >= 15 is 0 Å². The van der Waals surface area contributed by atoms with Crippen molar-refractivity contribution in [3.05, 3.63) is 107 Å². The van der Waals surface area contributed by atoms with Gasteiger partial charge in [0.05, 0.1) is 29.6 Å². The van der Waals surface area contributed by atoms with E-state index in [-0.39, 0.29) is 18.7 Å². The number of aromatic nitrogens is 2. The van der Waals surface area contributed by atoms with E-state index in [2.05, 4.69) is 12.1 Å². The number of amides is 1. The lowest BCUT2D eigenvalue weighted by Crippen LogP contribution is -2.27. The Balaban J connectivity index is 1.62. The van der Waals surface area contributed by atoms with Crippen molar-refractivity contribution in [2.24, 2.45) is 5.10 Å². The summed E-state index contributed by atoms with van der Waals surface area (Å²) in [6.07, 6.45) is 2.10. The average molecular weight is 493 g/mol. The van der Waals surface area contributed by atoms with Crippen molar-refractivity contribution in [2.75, 3.05) is 0 Å². The van der Waals surface area contributed by atoms with Gasteiger partial charge in [0.1, 0.15) is 0 Å². The van der Waals surface area contributed by atoms with E-state index in [9.17, 15) is 14.7 Å². The molecule has 0 saturated heterocycles. The summed E-state index contributed by atoms with van der Waals surface area (Å²) >= 11 is 0. The molecular weight excluding hydrogens is 464 g/mol. The number of aliphatic carboxylic acids is 1. The Morgan fingerprint density at radius 3 is 2.24 bits per heavy atom. The fraction of sp³-hybridized carbons (Fsp3) is 0.200. The van der Waals surface area contributed by atoms with Crippen LogP contribution in [0.2, 0.25) is 0 Å². The highest BCUT2D eigenvalue weighted by Gasteiger charge is 2.36. The lowest BCUT2D eigenvalue weighted by atomic mass is 9.95. The van der Waals surface area contributed by atoms with Gasteiger partial charge in [0.25, 0.3) is 0 Å². The van der Waals surface area contributed by atoms with Gasteiger partial charge in [-0.25, -0.2) is 9.69 Å². The maximum absolute atomic E-state index is 13.3. The predicted octanol–water partition coefficient (Wildman–Crippen LogP) is 5.70. The molecule has 5 rings (SSSR count). The number of para-hydroxylation sites is 1. The highest BCUT2D eigenvalue weighted by molar-refractivity contribution is 6.03. The number of hydrogen-bond donors (Lipinski definition) is 1. The molecule has 0 saturated carbocycles. The summed E-state index contributed by atoms with van der Waals surface area (Å²) < 4.78 is 1.83. The van der Waals surface area contributed by atoms with E-state index in [4.69, 9.17) is 10.2 Å². The number of benzene rings is 3. The minimum atomic E-state index is -1.01. The SMILES string of the molecule is Cc1cccc(C2=NN(C(=O)CCC(=O)O)[C@@H](c3cn(-c4ccccc4)nc3-c3cccc(C)c3)C2)c1. The molecule has 37 heavy (non-hydrogen) atoms. The summed E-state index contributed by atoms with van der Waals surface area (Å²) in [5, 5.41) is 20.3. The highest BCUT2D eigenvalue weighted by atomic mass is 16.4. The Bertz CT molecular complexity index is 1490. The molecule has 7 nitrogen and oxygen atoms in total. The summed E-state index contributed by atoms with van der Waals surface area (Å²) in [4.78, 5) is 24.5. The van der Waals surface area contributed by atoms with Crippen LogP contribution in [-0.2, 0) is 9.59 Å². The lowest BCUT2D eigenvalue weighted by Gasteiger charge is -2.21. The van der Waals surface area contributed by atoms with Crippen molar-refractivity contribution in [1.29, 1.82) is 0 Å². The molecule has 186 valence electrons. The van der Waals surface area contributed by atoms with Crippen LogP contribution in [0.1, 0.15) is 47.6 Å². The molecule has 1 aromatic heterocycles. The van der Waals surface area contributed by atoms with Gasteiger partial charge in [-0.1, -0.05) is 71.8 Å². The Morgan fingerprint density at radius 2 is 1.57 bits per heavy atom. The normalized spacial score (nSPS) is 15.0. The quantitative estimate of drug-likeness (QED) is 0.359. The molecule has 1 aliphatic rings. The fourth-order valence-corrected chi connectivity index (χ4v) is 4.67. The molecule has 2 heterocycles. The van der Waals surface area contributed by atoms with Crippen LogP contribution in [0.15, 0.2) is 90.2 Å². The van der Waals surface area contributed by atoms with Crippen LogP contribution >= 0.6 is 0 Å². The molecule has 1 amide bonds. The van der Waals surface area contributed by atoms with Gasteiger partial charge < -0.3 is 5.11 Å². The van der Waals surface area contributed by atoms with Gasteiger partial charge in [-0.3, -0.25) is 9.59 Å². The van der Waals surface area contributed by atoms with Gasteiger partial charge in [0, 0.05) is 30.2 Å². The van der Waals surface area contributed by atoms with Crippen LogP contribution in [-0.4, -0.2) is 37.5 Å². The topological polar surface area (TPSA) is 87.8 Å². The predicted molar refractivity (Wildman–Crippen MR) is 143 cm³/mol. The van der Waals surface area contributed by atoms with Gasteiger partial charge in [0.15, 0.2) is 0 Å². The summed E-state index contributed by atoms with van der Waals surface area (Å²) in [6.45, 7) is 4.06. The first-order chi connectivity index (χ1) is 17.9. The van der Waals surface area contributed by atoms with Crippen molar-refractivity contribution in [1.82, 2.24) is 14.8 Å². The summed E-state index contributed by atoms with van der Waals surface area (Å²) in [7, 11) is 0. The Labute approximate surface area is 215 Å². The van der Waals surface area contributed by atoms with E-state index in [1.54, 1.807) is 0 Å². The van der Waals surface area contributed by atoms with Gasteiger partial charge in [-0.2, -0.15) is 10.2 Å². The summed E-state index contributed by atoms with van der Waals surface area (Å²) in [5.74, 6) is -1.33. The number of carbonyl (C=O) groups is 2. The number of aryl methyl sites for hydroxylation is 2. The molecule has 1 N–H and O–H groups in total. The zero-order valence-electron chi connectivity index (χ0n) is 20.8. The standard InChI is InChI=1S/C30H28N4O3/c1-20-8-6-10-22(16-20)26-18-27(34(31-26)28(35)14-15-29(36)37)25-19-33(24-12-4-3-5-13-24)32-30(25)23-11-7-9-21(2)17-23/h3-13,16-17,19,27H,14-15,18H2,1-2H3,(H,36,37)/t27-/m1/s1. The van der Waals surface area contributed by atoms with Crippen molar-refractivity contribution in [2.45, 2.75) is 39.2 Å². The molecule has 1 aliphatic heterocycles. The fourth-order valence-electron chi connectivity index (χ4n) is 4.67. The second kappa shape index (κ2) is 10.2. The number of carbonyl (C=O) groups excluding carboxylic acids is 1. The molecule has 4 aromatic rings. The number of rotatable bonds is 7. The number of hydrogen-bond acceptors (Lipinski definition) is 4. The van der Waals surface area contributed by atoms with Gasteiger partial charge in [-0.15, -0.1) is 0 Å². The van der Waals surface area contributed by atoms with Gasteiger partial charge in [0.2, 0.25) is 5.91 Å². The molecule has 3 aromatic carbocycles.